The minimum Gasteiger partial charge on any atom is -0.301 e. The molecule has 0 bridgehead atoms. The fourth-order valence-electron chi connectivity index (χ4n) is 2.07. The van der Waals surface area contributed by atoms with Crippen molar-refractivity contribution in [3.8, 4) is 0 Å². The van der Waals surface area contributed by atoms with Gasteiger partial charge in [0.1, 0.15) is 6.29 Å². The van der Waals surface area contributed by atoms with Crippen molar-refractivity contribution in [2.75, 3.05) is 14.1 Å². The van der Waals surface area contributed by atoms with E-state index < -0.39 is 0 Å². The molecular formula is C15H17NO. The second kappa shape index (κ2) is 4.68. The molecule has 1 unspecified atom stereocenters. The van der Waals surface area contributed by atoms with Gasteiger partial charge in [-0.05, 0) is 43.4 Å². The molecule has 88 valence electrons. The maximum absolute atomic E-state index is 11.1. The van der Waals surface area contributed by atoms with E-state index in [0.29, 0.717) is 0 Å². The molecule has 0 fully saturated rings. The van der Waals surface area contributed by atoms with E-state index in [-0.39, 0.29) is 6.04 Å². The Morgan fingerprint density at radius 1 is 1.06 bits per heavy atom. The van der Waals surface area contributed by atoms with Crippen LogP contribution in [-0.2, 0) is 4.79 Å². The number of benzene rings is 2. The zero-order chi connectivity index (χ0) is 12.4. The van der Waals surface area contributed by atoms with Crippen molar-refractivity contribution in [2.45, 2.75) is 13.0 Å². The summed E-state index contributed by atoms with van der Waals surface area (Å²) in [6.07, 6.45) is 0.982. The van der Waals surface area contributed by atoms with Gasteiger partial charge in [0.15, 0.2) is 0 Å². The molecule has 0 aliphatic rings. The largest absolute Gasteiger partial charge is 0.301 e. The summed E-state index contributed by atoms with van der Waals surface area (Å²) in [4.78, 5) is 13.0. The fraction of sp³-hybridized carbons (Fsp3) is 0.267. The number of carbonyl (C=O) groups excluding carboxylic acids is 1. The zero-order valence-corrected chi connectivity index (χ0v) is 10.5. The molecular weight excluding hydrogens is 210 g/mol. The molecule has 1 atom stereocenters. The van der Waals surface area contributed by atoms with Crippen molar-refractivity contribution in [3.63, 3.8) is 0 Å². The van der Waals surface area contributed by atoms with E-state index in [4.69, 9.17) is 0 Å². The lowest BCUT2D eigenvalue weighted by molar-refractivity contribution is -0.111. The van der Waals surface area contributed by atoms with Gasteiger partial charge in [-0.2, -0.15) is 0 Å². The van der Waals surface area contributed by atoms with Crippen molar-refractivity contribution >= 4 is 17.1 Å². The highest BCUT2D eigenvalue weighted by atomic mass is 16.1. The lowest BCUT2D eigenvalue weighted by Crippen LogP contribution is -2.20. The third kappa shape index (κ3) is 2.37. The highest BCUT2D eigenvalue weighted by Gasteiger charge is 2.12. The van der Waals surface area contributed by atoms with Crippen molar-refractivity contribution in [1.82, 2.24) is 4.90 Å². The number of hydrogen-bond donors (Lipinski definition) is 0. The van der Waals surface area contributed by atoms with E-state index in [1.165, 1.54) is 16.3 Å². The predicted molar refractivity (Wildman–Crippen MR) is 71.2 cm³/mol. The Hall–Kier alpha value is -1.67. The van der Waals surface area contributed by atoms with Gasteiger partial charge in [-0.3, -0.25) is 4.90 Å². The van der Waals surface area contributed by atoms with Gasteiger partial charge in [0.05, 0.1) is 6.04 Å². The van der Waals surface area contributed by atoms with Gasteiger partial charge in [0, 0.05) is 0 Å². The molecule has 0 heterocycles. The summed E-state index contributed by atoms with van der Waals surface area (Å²) in [5, 5.41) is 2.40. The van der Waals surface area contributed by atoms with Crippen molar-refractivity contribution < 1.29 is 4.79 Å². The Balaban J connectivity index is 2.50. The monoisotopic (exact) mass is 227 g/mol. The van der Waals surface area contributed by atoms with Gasteiger partial charge in [-0.25, -0.2) is 0 Å². The molecule has 0 saturated carbocycles. The molecule has 2 rings (SSSR count). The fourth-order valence-corrected chi connectivity index (χ4v) is 2.07. The molecule has 0 radical (unpaired) electrons. The summed E-state index contributed by atoms with van der Waals surface area (Å²) in [6.45, 7) is 2.08. The minimum atomic E-state index is -0.166. The third-order valence-corrected chi connectivity index (χ3v) is 3.05. The summed E-state index contributed by atoms with van der Waals surface area (Å²) in [7, 11) is 3.83. The van der Waals surface area contributed by atoms with E-state index in [2.05, 4.69) is 37.3 Å². The van der Waals surface area contributed by atoms with Crippen molar-refractivity contribution in [2.24, 2.45) is 0 Å². The number of nitrogens with zero attached hydrogens (tertiary/aromatic N) is 1. The van der Waals surface area contributed by atoms with Crippen molar-refractivity contribution in [3.05, 3.63) is 47.5 Å². The van der Waals surface area contributed by atoms with Crippen LogP contribution < -0.4 is 0 Å². The number of likely N-dealkylation sites (N-methyl/N-ethyl adjacent to an activating group) is 1. The Labute approximate surface area is 102 Å². The van der Waals surface area contributed by atoms with Gasteiger partial charge >= 0.3 is 0 Å². The van der Waals surface area contributed by atoms with E-state index in [9.17, 15) is 4.79 Å². The first kappa shape index (κ1) is 11.8. The SMILES string of the molecule is Cc1ccc2cc(C(C=O)N(C)C)ccc2c1. The molecule has 2 nitrogen and oxygen atoms in total. The molecule has 0 spiro atoms. The average molecular weight is 227 g/mol. The van der Waals surface area contributed by atoms with Gasteiger partial charge in [0.25, 0.3) is 0 Å². The summed E-state index contributed by atoms with van der Waals surface area (Å²) in [5.74, 6) is 0. The van der Waals surface area contributed by atoms with E-state index >= 15 is 0 Å². The number of aryl methyl sites for hydroxylation is 1. The minimum absolute atomic E-state index is 0.166. The summed E-state index contributed by atoms with van der Waals surface area (Å²) >= 11 is 0. The summed E-state index contributed by atoms with van der Waals surface area (Å²) < 4.78 is 0. The van der Waals surface area contributed by atoms with Crippen LogP contribution in [0.2, 0.25) is 0 Å². The van der Waals surface area contributed by atoms with Gasteiger partial charge in [-0.15, -0.1) is 0 Å². The van der Waals surface area contributed by atoms with E-state index in [1.54, 1.807) is 0 Å². The molecule has 0 saturated heterocycles. The van der Waals surface area contributed by atoms with Crippen molar-refractivity contribution in [1.29, 1.82) is 0 Å². The molecule has 2 heteroatoms. The highest BCUT2D eigenvalue weighted by molar-refractivity contribution is 5.84. The predicted octanol–water partition coefficient (Wildman–Crippen LogP) is 2.95. The Morgan fingerprint density at radius 3 is 2.35 bits per heavy atom. The van der Waals surface area contributed by atoms with E-state index in [0.717, 1.165) is 11.8 Å². The number of carbonyl (C=O) groups is 1. The van der Waals surface area contributed by atoms with Crippen LogP contribution in [-0.4, -0.2) is 25.3 Å². The van der Waals surface area contributed by atoms with Gasteiger partial charge in [-0.1, -0.05) is 35.9 Å². The lowest BCUT2D eigenvalue weighted by atomic mass is 10.0. The van der Waals surface area contributed by atoms with Gasteiger partial charge < -0.3 is 4.79 Å². The molecule has 2 aromatic carbocycles. The Morgan fingerprint density at radius 2 is 1.71 bits per heavy atom. The highest BCUT2D eigenvalue weighted by Crippen LogP contribution is 2.22. The number of fused-ring (bicyclic) bond motifs is 1. The quantitative estimate of drug-likeness (QED) is 0.751. The average Bonchev–Trinajstić information content (AvgIpc) is 2.29. The molecule has 0 amide bonds. The van der Waals surface area contributed by atoms with Crippen LogP contribution in [0.5, 0.6) is 0 Å². The third-order valence-electron chi connectivity index (χ3n) is 3.05. The maximum atomic E-state index is 11.1. The Kier molecular flexibility index (Phi) is 3.25. The normalized spacial score (nSPS) is 12.9. The molecule has 17 heavy (non-hydrogen) atoms. The van der Waals surface area contributed by atoms with Crippen LogP contribution in [0.3, 0.4) is 0 Å². The zero-order valence-electron chi connectivity index (χ0n) is 10.5. The van der Waals surface area contributed by atoms with E-state index in [1.807, 2.05) is 25.1 Å². The summed E-state index contributed by atoms with van der Waals surface area (Å²) in [6, 6.07) is 12.4. The second-order valence-corrected chi connectivity index (χ2v) is 4.65. The second-order valence-electron chi connectivity index (χ2n) is 4.65. The summed E-state index contributed by atoms with van der Waals surface area (Å²) in [5.41, 5.74) is 2.30. The van der Waals surface area contributed by atoms with Crippen LogP contribution in [0, 0.1) is 6.92 Å². The van der Waals surface area contributed by atoms with Crippen LogP contribution in [0.4, 0.5) is 0 Å². The molecule has 2 aromatic rings. The number of hydrogen-bond acceptors (Lipinski definition) is 2. The van der Waals surface area contributed by atoms with Crippen LogP contribution in [0.15, 0.2) is 36.4 Å². The maximum Gasteiger partial charge on any atom is 0.141 e. The number of aldehydes is 1. The Bertz CT molecular complexity index is 546. The first-order valence-electron chi connectivity index (χ1n) is 5.74. The molecule has 0 N–H and O–H groups in total. The molecule has 0 aromatic heterocycles. The first-order valence-corrected chi connectivity index (χ1v) is 5.74. The standard InChI is InChI=1S/C15H17NO/c1-11-4-5-13-9-14(7-6-12(13)8-11)15(10-17)16(2)3/h4-10,15H,1-3H3. The lowest BCUT2D eigenvalue weighted by Gasteiger charge is -2.19. The molecule has 0 aliphatic carbocycles. The first-order chi connectivity index (χ1) is 8.11. The van der Waals surface area contributed by atoms with Gasteiger partial charge in [0.2, 0.25) is 0 Å². The topological polar surface area (TPSA) is 20.3 Å². The molecule has 0 aliphatic heterocycles. The van der Waals surface area contributed by atoms with Crippen LogP contribution in [0.25, 0.3) is 10.8 Å². The van der Waals surface area contributed by atoms with Crippen LogP contribution in [0.1, 0.15) is 17.2 Å². The smallest absolute Gasteiger partial charge is 0.141 e. The number of rotatable bonds is 3. The van der Waals surface area contributed by atoms with Crippen LogP contribution >= 0.6 is 0 Å².